The van der Waals surface area contributed by atoms with Gasteiger partial charge in [-0.15, -0.1) is 11.6 Å². The first-order valence-corrected chi connectivity index (χ1v) is 8.58. The molecule has 2 aromatic heterocycles. The average Bonchev–Trinajstić information content (AvgIpc) is 2.82. The third-order valence-corrected chi connectivity index (χ3v) is 6.35. The van der Waals surface area contributed by atoms with Crippen LogP contribution in [-0.2, 0) is 0 Å². The van der Waals surface area contributed by atoms with Gasteiger partial charge >= 0.3 is 0 Å². The van der Waals surface area contributed by atoms with E-state index in [0.717, 1.165) is 40.7 Å². The van der Waals surface area contributed by atoms with Crippen molar-refractivity contribution < 1.29 is 0 Å². The van der Waals surface area contributed by atoms with Crippen LogP contribution in [0.3, 0.4) is 0 Å². The Balaban J connectivity index is 1.69. The maximum atomic E-state index is 6.44. The normalized spacial score (nSPS) is 38.0. The van der Waals surface area contributed by atoms with Crippen LogP contribution in [0.1, 0.15) is 49.0 Å². The van der Waals surface area contributed by atoms with E-state index in [9.17, 15) is 0 Å². The molecule has 0 amide bonds. The van der Waals surface area contributed by atoms with E-state index in [-0.39, 0.29) is 5.38 Å². The summed E-state index contributed by atoms with van der Waals surface area (Å²) in [6.45, 7) is 4.14. The fraction of sp³-hybridized carbons (Fsp3) is 0.647. The predicted octanol–water partition coefficient (Wildman–Crippen LogP) is 4.26. The lowest BCUT2D eigenvalue weighted by molar-refractivity contribution is 0.450. The van der Waals surface area contributed by atoms with Crippen LogP contribution in [0, 0.1) is 30.6 Å². The summed E-state index contributed by atoms with van der Waals surface area (Å²) in [5, 5.41) is -0.0578. The highest BCUT2D eigenvalue weighted by Gasteiger charge is 2.66. The van der Waals surface area contributed by atoms with Crippen molar-refractivity contribution in [1.29, 1.82) is 0 Å². The maximum Gasteiger partial charge on any atom is 0.160 e. The highest BCUT2D eigenvalue weighted by Crippen LogP contribution is 2.72. The summed E-state index contributed by atoms with van der Waals surface area (Å²) < 4.78 is 2.40. The molecule has 0 N–H and O–H groups in total. The van der Waals surface area contributed by atoms with Gasteiger partial charge in [-0.2, -0.15) is 0 Å². The summed E-state index contributed by atoms with van der Waals surface area (Å²) >= 11 is 6.44. The molecule has 0 aliphatic heterocycles. The Morgan fingerprint density at radius 2 is 2.00 bits per heavy atom. The highest BCUT2D eigenvalue weighted by molar-refractivity contribution is 6.20. The maximum absolute atomic E-state index is 6.44. The second-order valence-corrected chi connectivity index (χ2v) is 7.89. The van der Waals surface area contributed by atoms with E-state index in [1.807, 2.05) is 19.2 Å². The molecule has 0 radical (unpaired) electrons. The first-order valence-electron chi connectivity index (χ1n) is 8.14. The van der Waals surface area contributed by atoms with E-state index in [1.165, 1.54) is 24.8 Å². The van der Waals surface area contributed by atoms with Crippen molar-refractivity contribution >= 4 is 22.8 Å². The number of hydrogen-bond acceptors (Lipinski definition) is 2. The molecular weight excluding hydrogens is 282 g/mol. The van der Waals surface area contributed by atoms with Crippen LogP contribution in [0.15, 0.2) is 12.3 Å². The molecule has 2 heterocycles. The second-order valence-electron chi connectivity index (χ2n) is 7.23. The van der Waals surface area contributed by atoms with E-state index in [2.05, 4.69) is 16.5 Å². The van der Waals surface area contributed by atoms with Gasteiger partial charge in [-0.1, -0.05) is 0 Å². The number of hydrogen-bond donors (Lipinski definition) is 0. The molecule has 0 aromatic carbocycles. The van der Waals surface area contributed by atoms with Crippen LogP contribution in [0.5, 0.6) is 0 Å². The molecule has 3 nitrogen and oxygen atoms in total. The van der Waals surface area contributed by atoms with Gasteiger partial charge in [-0.05, 0) is 68.4 Å². The average molecular weight is 302 g/mol. The lowest BCUT2D eigenvalue weighted by Crippen LogP contribution is -2.09. The van der Waals surface area contributed by atoms with E-state index >= 15 is 0 Å². The van der Waals surface area contributed by atoms with Crippen molar-refractivity contribution in [2.45, 2.75) is 44.5 Å². The van der Waals surface area contributed by atoms with Crippen LogP contribution in [-0.4, -0.2) is 14.5 Å². The topological polar surface area (TPSA) is 30.7 Å². The summed E-state index contributed by atoms with van der Waals surface area (Å²) in [5.41, 5.74) is 3.29. The first kappa shape index (κ1) is 12.5. The molecular formula is C17H20ClN3. The Kier molecular flexibility index (Phi) is 2.38. The first-order chi connectivity index (χ1) is 10.2. The molecule has 2 aromatic rings. The smallest absolute Gasteiger partial charge is 0.160 e. The molecule has 2 bridgehead atoms. The lowest BCUT2D eigenvalue weighted by atomic mass is 10.0. The van der Waals surface area contributed by atoms with Crippen molar-refractivity contribution in [2.75, 3.05) is 0 Å². The summed E-state index contributed by atoms with van der Waals surface area (Å²) in [6, 6.07) is 2.66. The van der Waals surface area contributed by atoms with E-state index in [4.69, 9.17) is 16.6 Å². The molecule has 0 saturated heterocycles. The van der Waals surface area contributed by atoms with Crippen LogP contribution in [0.25, 0.3) is 11.2 Å². The van der Waals surface area contributed by atoms with Crippen molar-refractivity contribution in [3.05, 3.63) is 23.7 Å². The fourth-order valence-electron chi connectivity index (χ4n) is 5.33. The highest BCUT2D eigenvalue weighted by atomic mass is 35.5. The van der Waals surface area contributed by atoms with Gasteiger partial charge in [0.15, 0.2) is 5.65 Å². The van der Waals surface area contributed by atoms with Gasteiger partial charge in [0.05, 0.1) is 5.38 Å². The van der Waals surface area contributed by atoms with Crippen LogP contribution >= 0.6 is 11.6 Å². The summed E-state index contributed by atoms with van der Waals surface area (Å²) in [6.07, 6.45) is 6.25. The van der Waals surface area contributed by atoms with Crippen LogP contribution in [0.4, 0.5) is 0 Å². The number of halogens is 1. The Hall–Kier alpha value is -1.09. The second kappa shape index (κ2) is 4.01. The zero-order chi connectivity index (χ0) is 14.3. The zero-order valence-corrected chi connectivity index (χ0v) is 13.2. The minimum absolute atomic E-state index is 0.0578. The van der Waals surface area contributed by atoms with Crippen molar-refractivity contribution in [2.24, 2.45) is 23.7 Å². The van der Waals surface area contributed by atoms with Gasteiger partial charge in [-0.25, -0.2) is 9.97 Å². The third-order valence-electron chi connectivity index (χ3n) is 6.16. The molecule has 4 heteroatoms. The van der Waals surface area contributed by atoms with Gasteiger partial charge in [0.2, 0.25) is 0 Å². The van der Waals surface area contributed by atoms with Crippen molar-refractivity contribution in [3.8, 4) is 0 Å². The van der Waals surface area contributed by atoms with Gasteiger partial charge < -0.3 is 4.57 Å². The van der Waals surface area contributed by atoms with Crippen LogP contribution in [0.2, 0.25) is 0 Å². The molecule has 3 aliphatic rings. The number of pyridine rings is 1. The SMILES string of the molecule is Cc1ccnc2c1nc(C(C)Cl)n2C1C2C3CCC(C3)C21. The number of fused-ring (bicyclic) bond motifs is 6. The Bertz CT molecular complexity index is 719. The molecule has 3 saturated carbocycles. The number of imidazole rings is 1. The number of aromatic nitrogens is 3. The molecule has 5 atom stereocenters. The summed E-state index contributed by atoms with van der Waals surface area (Å²) in [5.74, 6) is 4.67. The number of aryl methyl sites for hydroxylation is 1. The zero-order valence-electron chi connectivity index (χ0n) is 12.5. The molecule has 21 heavy (non-hydrogen) atoms. The molecule has 0 spiro atoms. The number of alkyl halides is 1. The monoisotopic (exact) mass is 301 g/mol. The van der Waals surface area contributed by atoms with E-state index in [1.54, 1.807) is 0 Å². The van der Waals surface area contributed by atoms with Crippen LogP contribution < -0.4 is 0 Å². The lowest BCUT2D eigenvalue weighted by Gasteiger charge is -2.14. The molecule has 5 rings (SSSR count). The van der Waals surface area contributed by atoms with Gasteiger partial charge in [0.25, 0.3) is 0 Å². The molecule has 3 aliphatic carbocycles. The molecule has 3 fully saturated rings. The summed E-state index contributed by atoms with van der Waals surface area (Å²) in [4.78, 5) is 9.49. The predicted molar refractivity (Wildman–Crippen MR) is 83.4 cm³/mol. The number of nitrogens with zero attached hydrogens (tertiary/aromatic N) is 3. The van der Waals surface area contributed by atoms with Crippen molar-refractivity contribution in [1.82, 2.24) is 14.5 Å². The minimum atomic E-state index is -0.0578. The van der Waals surface area contributed by atoms with Gasteiger partial charge in [-0.3, -0.25) is 0 Å². The summed E-state index contributed by atoms with van der Waals surface area (Å²) in [7, 11) is 0. The van der Waals surface area contributed by atoms with E-state index < -0.39 is 0 Å². The minimum Gasteiger partial charge on any atom is -0.308 e. The molecule has 110 valence electrons. The molecule has 5 unspecified atom stereocenters. The van der Waals surface area contributed by atoms with Gasteiger partial charge in [0, 0.05) is 12.2 Å². The van der Waals surface area contributed by atoms with Gasteiger partial charge in [0.1, 0.15) is 11.3 Å². The Morgan fingerprint density at radius 1 is 1.29 bits per heavy atom. The quantitative estimate of drug-likeness (QED) is 0.776. The number of rotatable bonds is 2. The Morgan fingerprint density at radius 3 is 2.67 bits per heavy atom. The Labute approximate surface area is 129 Å². The fourth-order valence-corrected chi connectivity index (χ4v) is 5.48. The third kappa shape index (κ3) is 1.51. The largest absolute Gasteiger partial charge is 0.308 e. The standard InChI is InChI=1S/C17H20ClN3/c1-8-5-6-19-17-14(8)20-16(9(2)18)21(17)15-12-10-3-4-11(7-10)13(12)15/h5-6,9-13,15H,3-4,7H2,1-2H3. The van der Waals surface area contributed by atoms with Crippen molar-refractivity contribution in [3.63, 3.8) is 0 Å². The van der Waals surface area contributed by atoms with E-state index in [0.29, 0.717) is 6.04 Å².